The SMILES string of the molecule is CCOC(=O)Nc1ccc(C(O)CNC(C)(C)C)cc1. The zero-order chi connectivity index (χ0) is 15.2. The molecule has 20 heavy (non-hydrogen) atoms. The highest BCUT2D eigenvalue weighted by atomic mass is 16.5. The number of carbonyl (C=O) groups excluding carboxylic acids is 1. The summed E-state index contributed by atoms with van der Waals surface area (Å²) in [5.41, 5.74) is 1.41. The van der Waals surface area contributed by atoms with Crippen molar-refractivity contribution in [2.75, 3.05) is 18.5 Å². The topological polar surface area (TPSA) is 70.6 Å². The van der Waals surface area contributed by atoms with Gasteiger partial charge in [-0.25, -0.2) is 4.79 Å². The van der Waals surface area contributed by atoms with Gasteiger partial charge in [0, 0.05) is 17.8 Å². The molecule has 1 atom stereocenters. The first kappa shape index (κ1) is 16.5. The summed E-state index contributed by atoms with van der Waals surface area (Å²) in [5.74, 6) is 0. The smallest absolute Gasteiger partial charge is 0.411 e. The predicted molar refractivity (Wildman–Crippen MR) is 79.8 cm³/mol. The second-order valence-corrected chi connectivity index (χ2v) is 5.61. The maximum Gasteiger partial charge on any atom is 0.411 e. The fourth-order valence-electron chi connectivity index (χ4n) is 1.59. The Balaban J connectivity index is 2.55. The van der Waals surface area contributed by atoms with E-state index < -0.39 is 12.2 Å². The zero-order valence-electron chi connectivity index (χ0n) is 12.6. The Hall–Kier alpha value is -1.59. The number of ether oxygens (including phenoxy) is 1. The lowest BCUT2D eigenvalue weighted by Gasteiger charge is -2.23. The van der Waals surface area contributed by atoms with Crippen LogP contribution in [0.2, 0.25) is 0 Å². The van der Waals surface area contributed by atoms with Crippen LogP contribution in [0.1, 0.15) is 39.4 Å². The quantitative estimate of drug-likeness (QED) is 0.775. The van der Waals surface area contributed by atoms with Crippen molar-refractivity contribution in [3.63, 3.8) is 0 Å². The first-order valence-electron chi connectivity index (χ1n) is 6.78. The normalized spacial score (nSPS) is 12.8. The highest BCUT2D eigenvalue weighted by Gasteiger charge is 2.13. The van der Waals surface area contributed by atoms with Crippen molar-refractivity contribution in [2.24, 2.45) is 0 Å². The van der Waals surface area contributed by atoms with Crippen molar-refractivity contribution in [1.29, 1.82) is 0 Å². The Kier molecular flexibility index (Phi) is 5.98. The van der Waals surface area contributed by atoms with Gasteiger partial charge in [-0.1, -0.05) is 12.1 Å². The van der Waals surface area contributed by atoms with Gasteiger partial charge in [0.05, 0.1) is 12.7 Å². The van der Waals surface area contributed by atoms with E-state index in [9.17, 15) is 9.90 Å². The van der Waals surface area contributed by atoms with Gasteiger partial charge in [0.2, 0.25) is 0 Å². The van der Waals surface area contributed by atoms with Crippen LogP contribution < -0.4 is 10.6 Å². The largest absolute Gasteiger partial charge is 0.450 e. The third kappa shape index (κ3) is 6.04. The van der Waals surface area contributed by atoms with E-state index in [1.807, 2.05) is 20.8 Å². The van der Waals surface area contributed by atoms with E-state index >= 15 is 0 Å². The van der Waals surface area contributed by atoms with Crippen molar-refractivity contribution in [2.45, 2.75) is 39.3 Å². The Bertz CT molecular complexity index is 424. The molecule has 0 radical (unpaired) electrons. The number of rotatable bonds is 5. The van der Waals surface area contributed by atoms with Crippen LogP contribution in [0.5, 0.6) is 0 Å². The second kappa shape index (κ2) is 7.26. The number of hydrogen-bond donors (Lipinski definition) is 3. The highest BCUT2D eigenvalue weighted by molar-refractivity contribution is 5.84. The molecule has 0 aromatic heterocycles. The fourth-order valence-corrected chi connectivity index (χ4v) is 1.59. The van der Waals surface area contributed by atoms with Crippen molar-refractivity contribution >= 4 is 11.8 Å². The first-order valence-corrected chi connectivity index (χ1v) is 6.78. The summed E-state index contributed by atoms with van der Waals surface area (Å²) >= 11 is 0. The lowest BCUT2D eigenvalue weighted by atomic mass is 10.1. The highest BCUT2D eigenvalue weighted by Crippen LogP contribution is 2.16. The molecule has 0 fully saturated rings. The molecule has 0 aliphatic rings. The van der Waals surface area contributed by atoms with Crippen LogP contribution in [0.25, 0.3) is 0 Å². The Morgan fingerprint density at radius 2 is 1.90 bits per heavy atom. The number of hydrogen-bond acceptors (Lipinski definition) is 4. The number of carbonyl (C=O) groups is 1. The molecule has 1 rings (SSSR count). The second-order valence-electron chi connectivity index (χ2n) is 5.61. The number of amides is 1. The van der Waals surface area contributed by atoms with E-state index in [0.717, 1.165) is 5.56 Å². The molecule has 5 heteroatoms. The van der Waals surface area contributed by atoms with Gasteiger partial charge in [-0.2, -0.15) is 0 Å². The molecule has 0 spiro atoms. The lowest BCUT2D eigenvalue weighted by molar-refractivity contribution is 0.163. The standard InChI is InChI=1S/C15H24N2O3/c1-5-20-14(19)17-12-8-6-11(7-9-12)13(18)10-16-15(2,3)4/h6-9,13,16,18H,5,10H2,1-4H3,(H,17,19). The van der Waals surface area contributed by atoms with Gasteiger partial charge in [0.15, 0.2) is 0 Å². The molecular weight excluding hydrogens is 256 g/mol. The number of β-amino-alcohol motifs (C(OH)–C–C–N with tert-alkyl or cyclic N) is 1. The zero-order valence-corrected chi connectivity index (χ0v) is 12.6. The van der Waals surface area contributed by atoms with Crippen LogP contribution in [0.4, 0.5) is 10.5 Å². The summed E-state index contributed by atoms with van der Waals surface area (Å²) in [7, 11) is 0. The molecule has 0 saturated carbocycles. The van der Waals surface area contributed by atoms with Crippen LogP contribution in [0.3, 0.4) is 0 Å². The van der Waals surface area contributed by atoms with Gasteiger partial charge in [0.25, 0.3) is 0 Å². The Morgan fingerprint density at radius 3 is 2.40 bits per heavy atom. The van der Waals surface area contributed by atoms with Gasteiger partial charge in [-0.3, -0.25) is 5.32 Å². The van der Waals surface area contributed by atoms with Crippen LogP contribution in [0.15, 0.2) is 24.3 Å². The number of benzene rings is 1. The molecule has 5 nitrogen and oxygen atoms in total. The average Bonchev–Trinajstić information content (AvgIpc) is 2.36. The van der Waals surface area contributed by atoms with Crippen molar-refractivity contribution in [3.8, 4) is 0 Å². The fraction of sp³-hybridized carbons (Fsp3) is 0.533. The van der Waals surface area contributed by atoms with Crippen LogP contribution in [0, 0.1) is 0 Å². The van der Waals surface area contributed by atoms with Crippen molar-refractivity contribution in [1.82, 2.24) is 5.32 Å². The van der Waals surface area contributed by atoms with E-state index in [0.29, 0.717) is 18.8 Å². The average molecular weight is 280 g/mol. The van der Waals surface area contributed by atoms with E-state index in [4.69, 9.17) is 4.74 Å². The van der Waals surface area contributed by atoms with Crippen molar-refractivity contribution < 1.29 is 14.6 Å². The summed E-state index contributed by atoms with van der Waals surface area (Å²) in [6.45, 7) is 8.71. The summed E-state index contributed by atoms with van der Waals surface area (Å²) in [5, 5.41) is 15.9. The monoisotopic (exact) mass is 280 g/mol. The summed E-state index contributed by atoms with van der Waals surface area (Å²) in [6, 6.07) is 7.06. The van der Waals surface area contributed by atoms with Crippen molar-refractivity contribution in [3.05, 3.63) is 29.8 Å². The summed E-state index contributed by atoms with van der Waals surface area (Å²) < 4.78 is 4.79. The molecule has 0 bridgehead atoms. The maximum absolute atomic E-state index is 11.3. The van der Waals surface area contributed by atoms with Gasteiger partial charge in [-0.15, -0.1) is 0 Å². The molecule has 0 saturated heterocycles. The van der Waals surface area contributed by atoms with Gasteiger partial charge < -0.3 is 15.2 Å². The van der Waals surface area contributed by atoms with E-state index in [2.05, 4.69) is 10.6 Å². The van der Waals surface area contributed by atoms with Gasteiger partial charge >= 0.3 is 6.09 Å². The molecule has 3 N–H and O–H groups in total. The Morgan fingerprint density at radius 1 is 1.30 bits per heavy atom. The van der Waals surface area contributed by atoms with E-state index in [-0.39, 0.29) is 5.54 Å². The number of nitrogens with one attached hydrogen (secondary N) is 2. The molecule has 1 amide bonds. The minimum atomic E-state index is -0.578. The van der Waals surface area contributed by atoms with E-state index in [1.54, 1.807) is 31.2 Å². The molecule has 1 unspecified atom stereocenters. The van der Waals surface area contributed by atoms with Gasteiger partial charge in [-0.05, 0) is 45.4 Å². The molecule has 1 aromatic carbocycles. The molecule has 1 aromatic rings. The minimum absolute atomic E-state index is 0.0353. The predicted octanol–water partition coefficient (Wildman–Crippen LogP) is 2.68. The molecule has 0 heterocycles. The summed E-state index contributed by atoms with van der Waals surface area (Å²) in [4.78, 5) is 11.3. The minimum Gasteiger partial charge on any atom is -0.450 e. The summed E-state index contributed by atoms with van der Waals surface area (Å²) in [6.07, 6.45) is -1.05. The number of aliphatic hydroxyl groups is 1. The van der Waals surface area contributed by atoms with Crippen LogP contribution in [-0.2, 0) is 4.74 Å². The van der Waals surface area contributed by atoms with Crippen LogP contribution in [-0.4, -0.2) is 29.9 Å². The molecule has 0 aliphatic carbocycles. The first-order chi connectivity index (χ1) is 9.31. The number of anilines is 1. The third-order valence-corrected chi connectivity index (χ3v) is 2.64. The molecular formula is C15H24N2O3. The maximum atomic E-state index is 11.3. The van der Waals surface area contributed by atoms with E-state index in [1.165, 1.54) is 0 Å². The Labute approximate surface area is 120 Å². The number of aliphatic hydroxyl groups excluding tert-OH is 1. The molecule has 112 valence electrons. The lowest BCUT2D eigenvalue weighted by Crippen LogP contribution is -2.38. The van der Waals surface area contributed by atoms with Gasteiger partial charge in [0.1, 0.15) is 0 Å². The molecule has 0 aliphatic heterocycles. The third-order valence-electron chi connectivity index (χ3n) is 2.64. The van der Waals surface area contributed by atoms with Crippen LogP contribution >= 0.6 is 0 Å².